The van der Waals surface area contributed by atoms with Crippen molar-refractivity contribution < 1.29 is 26.8 Å². The number of hydrogen-bond donors (Lipinski definition) is 2. The van der Waals surface area contributed by atoms with Gasteiger partial charge in [-0.3, -0.25) is 0 Å². The van der Waals surface area contributed by atoms with Crippen molar-refractivity contribution in [2.45, 2.75) is 26.1 Å². The van der Waals surface area contributed by atoms with Crippen LogP contribution >= 0.6 is 15.9 Å². The highest BCUT2D eigenvalue weighted by Gasteiger charge is 2.30. The molecule has 0 fully saturated rings. The minimum Gasteiger partial charge on any atom is -0.538 e. The molecule has 2 rings (SSSR count). The zero-order valence-electron chi connectivity index (χ0n) is 14.7. The summed E-state index contributed by atoms with van der Waals surface area (Å²) in [6.07, 6.45) is 0.395. The van der Waals surface area contributed by atoms with Gasteiger partial charge in [0.05, 0.1) is 11.3 Å². The van der Waals surface area contributed by atoms with Crippen molar-refractivity contribution in [3.05, 3.63) is 30.1 Å². The number of rotatable bonds is 8. The van der Waals surface area contributed by atoms with Crippen LogP contribution in [0.3, 0.4) is 0 Å². The van der Waals surface area contributed by atoms with Gasteiger partial charge in [-0.25, -0.2) is 17.5 Å². The van der Waals surface area contributed by atoms with Crippen molar-refractivity contribution in [3.63, 3.8) is 0 Å². The van der Waals surface area contributed by atoms with Crippen LogP contribution < -0.4 is 9.15 Å². The molecule has 0 saturated carbocycles. The van der Waals surface area contributed by atoms with E-state index >= 15 is 0 Å². The molecule has 0 aliphatic rings. The van der Waals surface area contributed by atoms with Gasteiger partial charge in [0.2, 0.25) is 29.8 Å². The summed E-state index contributed by atoms with van der Waals surface area (Å²) in [6, 6.07) is 5.73. The molecule has 2 aromatic rings. The monoisotopic (exact) mass is 465 g/mol. The zero-order valence-corrected chi connectivity index (χ0v) is 18.1. The Morgan fingerprint density at radius 1 is 1.31 bits per heavy atom. The van der Waals surface area contributed by atoms with Gasteiger partial charge in [-0.15, -0.1) is 0 Å². The predicted molar refractivity (Wildman–Crippen MR) is 106 cm³/mol. The maximum absolute atomic E-state index is 14.1. The minimum atomic E-state index is -3.71. The van der Waals surface area contributed by atoms with Gasteiger partial charge in [0, 0.05) is 5.33 Å². The number of aromatic hydroxyl groups is 1. The molecule has 144 valence electrons. The fourth-order valence-electron chi connectivity index (χ4n) is 2.14. The Labute approximate surface area is 161 Å². The van der Waals surface area contributed by atoms with E-state index in [0.29, 0.717) is 11.8 Å². The number of benzene rings is 1. The van der Waals surface area contributed by atoms with Crippen molar-refractivity contribution in [1.82, 2.24) is 0 Å². The lowest BCUT2D eigenvalue weighted by Gasteiger charge is -2.19. The fraction of sp³-hybridized carbons (Fsp3) is 0.375. The van der Waals surface area contributed by atoms with Crippen molar-refractivity contribution >= 4 is 40.2 Å². The van der Waals surface area contributed by atoms with E-state index in [1.165, 1.54) is 18.2 Å². The quantitative estimate of drug-likeness (QED) is 0.441. The van der Waals surface area contributed by atoms with Gasteiger partial charge in [0.25, 0.3) is 5.88 Å². The molecule has 2 N–H and O–H groups in total. The third kappa shape index (κ3) is 5.24. The fourth-order valence-corrected chi connectivity index (χ4v) is 4.64. The third-order valence-corrected chi connectivity index (χ3v) is 5.86. The van der Waals surface area contributed by atoms with E-state index in [0.717, 1.165) is 0 Å². The standard InChI is InChI=1S/C16H21BrFNO5SSi/c1-26(2,3)24-15-13(20)14(11-7-4-5-8-12(11)18)23-16(15)19-25(21,22)10-6-9-17/h4-5,7-8,19-20H,6,9-10H2,1-3H3. The molecular weight excluding hydrogens is 445 g/mol. The van der Waals surface area contributed by atoms with Crippen LogP contribution in [-0.4, -0.2) is 32.9 Å². The summed E-state index contributed by atoms with van der Waals surface area (Å²) >= 11 is 3.18. The van der Waals surface area contributed by atoms with Crippen LogP contribution in [0.4, 0.5) is 10.3 Å². The van der Waals surface area contributed by atoms with Crippen LogP contribution in [0.2, 0.25) is 19.6 Å². The van der Waals surface area contributed by atoms with Gasteiger partial charge in [-0.05, 0) is 38.2 Å². The molecule has 1 aromatic carbocycles. The van der Waals surface area contributed by atoms with E-state index < -0.39 is 29.9 Å². The van der Waals surface area contributed by atoms with E-state index in [-0.39, 0.29) is 28.7 Å². The molecule has 0 saturated heterocycles. The first-order valence-electron chi connectivity index (χ1n) is 7.90. The lowest BCUT2D eigenvalue weighted by molar-refractivity contribution is 0.439. The van der Waals surface area contributed by atoms with Crippen molar-refractivity contribution in [2.75, 3.05) is 15.8 Å². The molecule has 26 heavy (non-hydrogen) atoms. The molecule has 0 radical (unpaired) electrons. The number of anilines is 1. The van der Waals surface area contributed by atoms with E-state index in [1.807, 2.05) is 19.6 Å². The smallest absolute Gasteiger partial charge is 0.252 e. The van der Waals surface area contributed by atoms with E-state index in [4.69, 9.17) is 8.84 Å². The Morgan fingerprint density at radius 3 is 2.54 bits per heavy atom. The van der Waals surface area contributed by atoms with Crippen LogP contribution in [0.15, 0.2) is 28.7 Å². The number of alkyl halides is 1. The summed E-state index contributed by atoms with van der Waals surface area (Å²) in [5.74, 6) is -1.74. The summed E-state index contributed by atoms with van der Waals surface area (Å²) in [6.45, 7) is 5.60. The van der Waals surface area contributed by atoms with E-state index in [2.05, 4.69) is 20.7 Å². The minimum absolute atomic E-state index is 0.0105. The van der Waals surface area contributed by atoms with E-state index in [9.17, 15) is 17.9 Å². The topological polar surface area (TPSA) is 88.8 Å². The van der Waals surface area contributed by atoms with Gasteiger partial charge in [-0.2, -0.15) is 0 Å². The first kappa shape index (κ1) is 20.8. The maximum Gasteiger partial charge on any atom is 0.252 e. The molecule has 0 atom stereocenters. The second-order valence-electron chi connectivity index (χ2n) is 6.60. The van der Waals surface area contributed by atoms with Crippen LogP contribution in [0, 0.1) is 5.82 Å². The Morgan fingerprint density at radius 2 is 1.96 bits per heavy atom. The first-order chi connectivity index (χ1) is 12.0. The Bertz CT molecular complexity index is 879. The Balaban J connectivity index is 2.52. The predicted octanol–water partition coefficient (Wildman–Crippen LogP) is 4.53. The molecule has 0 aliphatic carbocycles. The highest BCUT2D eigenvalue weighted by Crippen LogP contribution is 2.47. The molecule has 10 heteroatoms. The molecule has 1 heterocycles. The second kappa shape index (κ2) is 8.01. The van der Waals surface area contributed by atoms with Crippen molar-refractivity contribution in [1.29, 1.82) is 0 Å². The Kier molecular flexibility index (Phi) is 6.40. The summed E-state index contributed by atoms with van der Waals surface area (Å²) in [5.41, 5.74) is 0.0105. The number of halogens is 2. The molecule has 1 aromatic heterocycles. The third-order valence-electron chi connectivity index (χ3n) is 3.16. The molecule has 0 spiro atoms. The summed E-state index contributed by atoms with van der Waals surface area (Å²) < 4.78 is 52.1. The van der Waals surface area contributed by atoms with Crippen LogP contribution in [0.1, 0.15) is 6.42 Å². The number of furan rings is 1. The second-order valence-corrected chi connectivity index (χ2v) is 13.7. The maximum atomic E-state index is 14.1. The summed E-state index contributed by atoms with van der Waals surface area (Å²) in [7, 11) is -5.93. The van der Waals surface area contributed by atoms with Gasteiger partial charge >= 0.3 is 0 Å². The summed E-state index contributed by atoms with van der Waals surface area (Å²) in [5, 5.41) is 11.0. The number of hydrogen-bond acceptors (Lipinski definition) is 5. The lowest BCUT2D eigenvalue weighted by atomic mass is 10.1. The molecule has 0 amide bonds. The zero-order chi connectivity index (χ0) is 19.5. The van der Waals surface area contributed by atoms with Gasteiger partial charge < -0.3 is 13.9 Å². The highest BCUT2D eigenvalue weighted by atomic mass is 79.9. The Hall–Kier alpha value is -1.52. The molecule has 6 nitrogen and oxygen atoms in total. The van der Waals surface area contributed by atoms with Crippen molar-refractivity contribution in [2.24, 2.45) is 0 Å². The average molecular weight is 466 g/mol. The van der Waals surface area contributed by atoms with Gasteiger partial charge in [0.1, 0.15) is 5.82 Å². The van der Waals surface area contributed by atoms with Crippen LogP contribution in [0.5, 0.6) is 11.5 Å². The van der Waals surface area contributed by atoms with Crippen LogP contribution in [0.25, 0.3) is 11.3 Å². The van der Waals surface area contributed by atoms with Gasteiger partial charge in [0.15, 0.2) is 5.76 Å². The highest BCUT2D eigenvalue weighted by molar-refractivity contribution is 9.09. The van der Waals surface area contributed by atoms with E-state index in [1.54, 1.807) is 6.07 Å². The summed E-state index contributed by atoms with van der Waals surface area (Å²) in [4.78, 5) is 0. The number of nitrogens with one attached hydrogen (secondary N) is 1. The lowest BCUT2D eigenvalue weighted by Crippen LogP contribution is -2.29. The first-order valence-corrected chi connectivity index (χ1v) is 14.1. The van der Waals surface area contributed by atoms with Crippen molar-refractivity contribution in [3.8, 4) is 22.8 Å². The molecule has 0 aliphatic heterocycles. The van der Waals surface area contributed by atoms with Crippen LogP contribution in [-0.2, 0) is 10.0 Å². The SMILES string of the molecule is C[Si](C)(C)Oc1c(NS(=O)(=O)CCCBr)oc(-c2ccccc2F)c1O. The molecule has 0 unspecified atom stereocenters. The normalized spacial score (nSPS) is 12.2. The molecule has 0 bridgehead atoms. The van der Waals surface area contributed by atoms with Gasteiger partial charge in [-0.1, -0.05) is 28.1 Å². The molecular formula is C16H21BrFNO5SSi. The number of sulfonamides is 1. The largest absolute Gasteiger partial charge is 0.538 e. The average Bonchev–Trinajstić information content (AvgIpc) is 2.80.